The lowest BCUT2D eigenvalue weighted by molar-refractivity contribution is -0.154. The van der Waals surface area contributed by atoms with Crippen LogP contribution in [0.25, 0.3) is 0 Å². The third-order valence-electron chi connectivity index (χ3n) is 3.33. The van der Waals surface area contributed by atoms with Gasteiger partial charge in [-0.05, 0) is 26.7 Å². The van der Waals surface area contributed by atoms with Crippen molar-refractivity contribution in [2.24, 2.45) is 0 Å². The van der Waals surface area contributed by atoms with Gasteiger partial charge in [-0.1, -0.05) is 27.0 Å². The lowest BCUT2D eigenvalue weighted by Gasteiger charge is -2.16. The molecule has 2 atom stereocenters. The van der Waals surface area contributed by atoms with Crippen LogP contribution in [0.2, 0.25) is 0 Å². The van der Waals surface area contributed by atoms with Gasteiger partial charge in [0.2, 0.25) is 0 Å². The molecule has 0 aromatic carbocycles. The van der Waals surface area contributed by atoms with Crippen molar-refractivity contribution in [1.29, 1.82) is 0 Å². The average molecular weight is 396 g/mol. The maximum absolute atomic E-state index is 11.6. The van der Waals surface area contributed by atoms with Gasteiger partial charge in [0, 0.05) is 23.3 Å². The van der Waals surface area contributed by atoms with Gasteiger partial charge in [-0.3, -0.25) is 0 Å². The molecule has 0 rings (SSSR count). The minimum Gasteiger partial charge on any atom is -0.459 e. The molecule has 0 aromatic heterocycles. The molecule has 156 valence electrons. The maximum atomic E-state index is 11.6. The summed E-state index contributed by atoms with van der Waals surface area (Å²) in [5, 5.41) is 0. The quantitative estimate of drug-likeness (QED) is 0.281. The Balaban J connectivity index is 4.36. The lowest BCUT2D eigenvalue weighted by Crippen LogP contribution is -2.25. The summed E-state index contributed by atoms with van der Waals surface area (Å²) < 4.78 is 20.0. The van der Waals surface area contributed by atoms with E-state index in [-0.39, 0.29) is 24.4 Å². The Morgan fingerprint density at radius 1 is 0.750 bits per heavy atom. The Labute approximate surface area is 165 Å². The zero-order chi connectivity index (χ0) is 21.7. The van der Waals surface area contributed by atoms with Crippen LogP contribution in [0, 0.1) is 0 Å². The summed E-state index contributed by atoms with van der Waals surface area (Å²) in [6.45, 7) is 13.2. The molecule has 0 aliphatic rings. The topological polar surface area (TPSA) is 105 Å². The van der Waals surface area contributed by atoms with E-state index in [4.69, 9.17) is 18.9 Å². The number of esters is 4. The molecule has 0 bridgehead atoms. The number of carbonyl (C=O) groups is 4. The molecule has 8 nitrogen and oxygen atoms in total. The molecule has 0 radical (unpaired) electrons. The highest BCUT2D eigenvalue weighted by molar-refractivity contribution is 5.91. The van der Waals surface area contributed by atoms with E-state index in [9.17, 15) is 19.2 Å². The zero-order valence-corrected chi connectivity index (χ0v) is 16.8. The monoisotopic (exact) mass is 396 g/mol. The van der Waals surface area contributed by atoms with E-state index in [1.54, 1.807) is 13.8 Å². The van der Waals surface area contributed by atoms with Crippen molar-refractivity contribution >= 4 is 23.9 Å². The molecule has 0 spiro atoms. The SMILES string of the molecule is C=C(C)C(=O)OC(CC)COC(=O)/C=C\C(=O)OCC(CC)OC(=O)C(=C)C. The third-order valence-corrected chi connectivity index (χ3v) is 3.33. The van der Waals surface area contributed by atoms with Crippen LogP contribution in [0.15, 0.2) is 36.5 Å². The van der Waals surface area contributed by atoms with Gasteiger partial charge in [0.25, 0.3) is 0 Å². The van der Waals surface area contributed by atoms with E-state index < -0.39 is 36.1 Å². The maximum Gasteiger partial charge on any atom is 0.333 e. The molecule has 0 amide bonds. The van der Waals surface area contributed by atoms with Gasteiger partial charge in [0.05, 0.1) is 0 Å². The first-order valence-corrected chi connectivity index (χ1v) is 8.85. The molecule has 0 saturated carbocycles. The molecule has 0 saturated heterocycles. The first kappa shape index (κ1) is 25.1. The van der Waals surface area contributed by atoms with E-state index in [1.165, 1.54) is 13.8 Å². The summed E-state index contributed by atoms with van der Waals surface area (Å²) in [4.78, 5) is 46.2. The standard InChI is InChI=1S/C20H28O8/c1-7-15(27-19(23)13(3)4)11-25-17(21)9-10-18(22)26-12-16(8-2)28-20(24)14(5)6/h9-10,15-16H,3,5,7-8,11-12H2,1-2,4,6H3/b10-9-. The number of hydrogen-bond acceptors (Lipinski definition) is 8. The summed E-state index contributed by atoms with van der Waals surface area (Å²) in [7, 11) is 0. The summed E-state index contributed by atoms with van der Waals surface area (Å²) in [5.74, 6) is -2.72. The molecule has 8 heteroatoms. The number of hydrogen-bond donors (Lipinski definition) is 0. The third kappa shape index (κ3) is 10.9. The van der Waals surface area contributed by atoms with Crippen molar-refractivity contribution in [2.75, 3.05) is 13.2 Å². The molecule has 0 aromatic rings. The molecule has 0 aliphatic heterocycles. The fourth-order valence-corrected chi connectivity index (χ4v) is 1.56. The van der Waals surface area contributed by atoms with Crippen LogP contribution in [0.1, 0.15) is 40.5 Å². The fourth-order valence-electron chi connectivity index (χ4n) is 1.56. The van der Waals surface area contributed by atoms with Crippen LogP contribution >= 0.6 is 0 Å². The van der Waals surface area contributed by atoms with Gasteiger partial charge in [0.15, 0.2) is 0 Å². The molecular weight excluding hydrogens is 368 g/mol. The van der Waals surface area contributed by atoms with Crippen LogP contribution in [0.3, 0.4) is 0 Å². The molecule has 28 heavy (non-hydrogen) atoms. The molecule has 0 N–H and O–H groups in total. The van der Waals surface area contributed by atoms with Gasteiger partial charge >= 0.3 is 23.9 Å². The Kier molecular flexibility index (Phi) is 11.9. The average Bonchev–Trinajstić information content (AvgIpc) is 2.65. The molecule has 0 heterocycles. The van der Waals surface area contributed by atoms with Crippen LogP contribution < -0.4 is 0 Å². The van der Waals surface area contributed by atoms with E-state index in [2.05, 4.69) is 13.2 Å². The molecular formula is C20H28O8. The summed E-state index contributed by atoms with van der Waals surface area (Å²) >= 11 is 0. The van der Waals surface area contributed by atoms with Gasteiger partial charge in [-0.25, -0.2) is 19.2 Å². The Morgan fingerprint density at radius 2 is 1.07 bits per heavy atom. The Bertz CT molecular complexity index is 578. The predicted octanol–water partition coefficient (Wildman–Crippen LogP) is 2.42. The summed E-state index contributed by atoms with van der Waals surface area (Å²) in [6.07, 6.45) is 1.47. The minimum atomic E-state index is -0.789. The van der Waals surface area contributed by atoms with Crippen LogP contribution in [-0.2, 0) is 38.1 Å². The van der Waals surface area contributed by atoms with Crippen molar-refractivity contribution in [1.82, 2.24) is 0 Å². The number of carbonyl (C=O) groups excluding carboxylic acids is 4. The van der Waals surface area contributed by atoms with E-state index in [0.717, 1.165) is 12.2 Å². The van der Waals surface area contributed by atoms with Crippen molar-refractivity contribution < 1.29 is 38.1 Å². The molecule has 0 aliphatic carbocycles. The highest BCUT2D eigenvalue weighted by atomic mass is 16.6. The lowest BCUT2D eigenvalue weighted by atomic mass is 10.3. The first-order chi connectivity index (χ1) is 13.1. The smallest absolute Gasteiger partial charge is 0.333 e. The zero-order valence-electron chi connectivity index (χ0n) is 16.8. The minimum absolute atomic E-state index is 0.150. The van der Waals surface area contributed by atoms with Crippen molar-refractivity contribution in [3.63, 3.8) is 0 Å². The highest BCUT2D eigenvalue weighted by Gasteiger charge is 2.16. The highest BCUT2D eigenvalue weighted by Crippen LogP contribution is 2.05. The van der Waals surface area contributed by atoms with Crippen LogP contribution in [0.4, 0.5) is 0 Å². The number of rotatable bonds is 12. The van der Waals surface area contributed by atoms with Crippen LogP contribution in [-0.4, -0.2) is 49.3 Å². The van der Waals surface area contributed by atoms with E-state index in [1.807, 2.05) is 0 Å². The van der Waals surface area contributed by atoms with Gasteiger partial charge in [-0.2, -0.15) is 0 Å². The summed E-state index contributed by atoms with van der Waals surface area (Å²) in [5.41, 5.74) is 0.485. The van der Waals surface area contributed by atoms with E-state index >= 15 is 0 Å². The molecule has 0 fully saturated rings. The second kappa shape index (κ2) is 13.3. The second-order valence-corrected chi connectivity index (χ2v) is 6.03. The van der Waals surface area contributed by atoms with Crippen LogP contribution in [0.5, 0.6) is 0 Å². The van der Waals surface area contributed by atoms with Crippen molar-refractivity contribution in [2.45, 2.75) is 52.7 Å². The Hall–Kier alpha value is -2.90. The largest absolute Gasteiger partial charge is 0.459 e. The van der Waals surface area contributed by atoms with Crippen molar-refractivity contribution in [3.8, 4) is 0 Å². The van der Waals surface area contributed by atoms with Gasteiger partial charge in [0.1, 0.15) is 25.4 Å². The predicted molar refractivity (Wildman–Crippen MR) is 101 cm³/mol. The Morgan fingerprint density at radius 3 is 1.32 bits per heavy atom. The van der Waals surface area contributed by atoms with Gasteiger partial charge in [-0.15, -0.1) is 0 Å². The normalized spacial score (nSPS) is 12.6. The van der Waals surface area contributed by atoms with Crippen molar-refractivity contribution in [3.05, 3.63) is 36.5 Å². The van der Waals surface area contributed by atoms with Gasteiger partial charge < -0.3 is 18.9 Å². The van der Waals surface area contributed by atoms with E-state index in [0.29, 0.717) is 12.8 Å². The second-order valence-electron chi connectivity index (χ2n) is 6.03. The fraction of sp³-hybridized carbons (Fsp3) is 0.500. The molecule has 2 unspecified atom stereocenters. The first-order valence-electron chi connectivity index (χ1n) is 8.85. The summed E-state index contributed by atoms with van der Waals surface area (Å²) in [6, 6.07) is 0. The number of ether oxygens (including phenoxy) is 4.